The number of rotatable bonds is 6. The molecule has 0 unspecified atom stereocenters. The predicted molar refractivity (Wildman–Crippen MR) is 97.4 cm³/mol. The summed E-state index contributed by atoms with van der Waals surface area (Å²) in [6.45, 7) is 9.22. The van der Waals surface area contributed by atoms with Crippen LogP contribution in [0, 0.1) is 0 Å². The summed E-state index contributed by atoms with van der Waals surface area (Å²) in [6.07, 6.45) is 2.81. The summed E-state index contributed by atoms with van der Waals surface area (Å²) in [7, 11) is 0. The van der Waals surface area contributed by atoms with Gasteiger partial charge in [0, 0.05) is 38.8 Å². The number of hydrogen-bond acceptors (Lipinski definition) is 5. The minimum Gasteiger partial charge on any atom is -0.379 e. The molecule has 0 aromatic carbocycles. The second kappa shape index (κ2) is 8.64. The maximum absolute atomic E-state index is 12.7. The summed E-state index contributed by atoms with van der Waals surface area (Å²) < 4.78 is 7.25. The van der Waals surface area contributed by atoms with E-state index >= 15 is 0 Å². The van der Waals surface area contributed by atoms with Gasteiger partial charge in [-0.15, -0.1) is 0 Å². The number of ether oxygens (including phenoxy) is 1. The van der Waals surface area contributed by atoms with E-state index in [2.05, 4.69) is 20.5 Å². The average molecular weight is 363 g/mol. The lowest BCUT2D eigenvalue weighted by molar-refractivity contribution is 0.0383. The first-order valence-corrected chi connectivity index (χ1v) is 9.55. The maximum atomic E-state index is 12.7. The van der Waals surface area contributed by atoms with E-state index in [0.29, 0.717) is 18.1 Å². The molecule has 1 aromatic heterocycles. The Morgan fingerprint density at radius 3 is 2.65 bits per heavy atom. The number of fused-ring (bicyclic) bond motifs is 1. The molecule has 1 fully saturated rings. The molecule has 26 heavy (non-hydrogen) atoms. The SMILES string of the molecule is CC(C)NC(=O)c1nc(C(=O)NCCN2CCOCC2)c2n1CCCC2. The minimum atomic E-state index is -0.212. The third kappa shape index (κ3) is 4.42. The van der Waals surface area contributed by atoms with Crippen LogP contribution in [0.3, 0.4) is 0 Å². The van der Waals surface area contributed by atoms with Crippen LogP contribution in [0.1, 0.15) is 53.5 Å². The van der Waals surface area contributed by atoms with Crippen LogP contribution in [-0.4, -0.2) is 71.7 Å². The molecule has 8 nitrogen and oxygen atoms in total. The Morgan fingerprint density at radius 1 is 1.15 bits per heavy atom. The molecule has 1 aromatic rings. The molecule has 3 rings (SSSR count). The van der Waals surface area contributed by atoms with Crippen molar-refractivity contribution < 1.29 is 14.3 Å². The van der Waals surface area contributed by atoms with Gasteiger partial charge in [-0.25, -0.2) is 4.98 Å². The van der Waals surface area contributed by atoms with Gasteiger partial charge in [0.1, 0.15) is 5.69 Å². The van der Waals surface area contributed by atoms with Gasteiger partial charge in [0.05, 0.1) is 18.9 Å². The van der Waals surface area contributed by atoms with Gasteiger partial charge in [-0.2, -0.15) is 0 Å². The van der Waals surface area contributed by atoms with Crippen molar-refractivity contribution in [2.75, 3.05) is 39.4 Å². The van der Waals surface area contributed by atoms with Gasteiger partial charge < -0.3 is 19.9 Å². The maximum Gasteiger partial charge on any atom is 0.287 e. The van der Waals surface area contributed by atoms with Crippen molar-refractivity contribution in [3.8, 4) is 0 Å². The highest BCUT2D eigenvalue weighted by Crippen LogP contribution is 2.21. The number of amides is 2. The first-order chi connectivity index (χ1) is 12.6. The third-order valence-corrected chi connectivity index (χ3v) is 4.77. The van der Waals surface area contributed by atoms with Crippen LogP contribution in [0.2, 0.25) is 0 Å². The van der Waals surface area contributed by atoms with Crippen molar-refractivity contribution in [3.63, 3.8) is 0 Å². The monoisotopic (exact) mass is 363 g/mol. The van der Waals surface area contributed by atoms with Gasteiger partial charge in [-0.3, -0.25) is 14.5 Å². The van der Waals surface area contributed by atoms with Gasteiger partial charge >= 0.3 is 0 Å². The molecule has 0 radical (unpaired) electrons. The highest BCUT2D eigenvalue weighted by Gasteiger charge is 2.27. The summed E-state index contributed by atoms with van der Waals surface area (Å²) >= 11 is 0. The Labute approximate surface area is 154 Å². The molecule has 0 aliphatic carbocycles. The fourth-order valence-electron chi connectivity index (χ4n) is 3.46. The fraction of sp³-hybridized carbons (Fsp3) is 0.722. The van der Waals surface area contributed by atoms with E-state index in [4.69, 9.17) is 4.74 Å². The molecule has 1 saturated heterocycles. The molecule has 0 spiro atoms. The van der Waals surface area contributed by atoms with Crippen LogP contribution in [0.25, 0.3) is 0 Å². The smallest absolute Gasteiger partial charge is 0.287 e. The molecule has 0 atom stereocenters. The van der Waals surface area contributed by atoms with Crippen molar-refractivity contribution in [1.29, 1.82) is 0 Å². The Morgan fingerprint density at radius 2 is 1.92 bits per heavy atom. The van der Waals surface area contributed by atoms with Crippen molar-refractivity contribution in [3.05, 3.63) is 17.2 Å². The topological polar surface area (TPSA) is 88.5 Å². The van der Waals surface area contributed by atoms with Crippen molar-refractivity contribution in [2.24, 2.45) is 0 Å². The largest absolute Gasteiger partial charge is 0.379 e. The van der Waals surface area contributed by atoms with E-state index in [1.807, 2.05) is 18.4 Å². The summed E-state index contributed by atoms with van der Waals surface area (Å²) in [5.41, 5.74) is 1.29. The number of imidazole rings is 1. The fourth-order valence-corrected chi connectivity index (χ4v) is 3.46. The Kier molecular flexibility index (Phi) is 6.26. The zero-order chi connectivity index (χ0) is 18.5. The van der Waals surface area contributed by atoms with Crippen LogP contribution in [0.15, 0.2) is 0 Å². The van der Waals surface area contributed by atoms with E-state index in [1.54, 1.807) is 0 Å². The predicted octanol–water partition coefficient (Wildman–Crippen LogP) is 0.420. The molecule has 2 amide bonds. The number of carbonyl (C=O) groups excluding carboxylic acids is 2. The zero-order valence-corrected chi connectivity index (χ0v) is 15.7. The Hall–Kier alpha value is -1.93. The van der Waals surface area contributed by atoms with Crippen LogP contribution in [0.4, 0.5) is 0 Å². The highest BCUT2D eigenvalue weighted by molar-refractivity contribution is 5.97. The minimum absolute atomic E-state index is 0.0323. The normalized spacial score (nSPS) is 17.8. The Bertz CT molecular complexity index is 649. The van der Waals surface area contributed by atoms with Gasteiger partial charge in [-0.05, 0) is 33.1 Å². The van der Waals surface area contributed by atoms with Crippen LogP contribution in [0.5, 0.6) is 0 Å². The third-order valence-electron chi connectivity index (χ3n) is 4.77. The quantitative estimate of drug-likeness (QED) is 0.765. The molecule has 2 aliphatic rings. The number of nitrogens with zero attached hydrogens (tertiary/aromatic N) is 3. The number of morpholine rings is 1. The lowest BCUT2D eigenvalue weighted by atomic mass is 10.1. The first kappa shape index (κ1) is 18.8. The lowest BCUT2D eigenvalue weighted by Crippen LogP contribution is -2.41. The van der Waals surface area contributed by atoms with E-state index in [-0.39, 0.29) is 17.9 Å². The van der Waals surface area contributed by atoms with Crippen LogP contribution in [-0.2, 0) is 17.7 Å². The van der Waals surface area contributed by atoms with E-state index in [1.165, 1.54) is 0 Å². The van der Waals surface area contributed by atoms with Crippen LogP contribution >= 0.6 is 0 Å². The number of carbonyl (C=O) groups is 2. The Balaban J connectivity index is 1.67. The number of nitrogens with one attached hydrogen (secondary N) is 2. The lowest BCUT2D eigenvalue weighted by Gasteiger charge is -2.26. The molecule has 3 heterocycles. The zero-order valence-electron chi connectivity index (χ0n) is 15.7. The standard InChI is InChI=1S/C18H29N5O3/c1-13(2)20-18(25)16-21-15(14-5-3-4-7-23(14)16)17(24)19-6-8-22-9-11-26-12-10-22/h13H,3-12H2,1-2H3,(H,19,24)(H,20,25). The van der Waals surface area contributed by atoms with E-state index in [9.17, 15) is 9.59 Å². The molecule has 2 N–H and O–H groups in total. The molecular formula is C18H29N5O3. The second-order valence-corrected chi connectivity index (χ2v) is 7.18. The molecule has 144 valence electrons. The van der Waals surface area contributed by atoms with Crippen molar-refractivity contribution >= 4 is 11.8 Å². The summed E-state index contributed by atoms with van der Waals surface area (Å²) in [5.74, 6) is -0.0465. The van der Waals surface area contributed by atoms with Gasteiger partial charge in [0.2, 0.25) is 0 Å². The van der Waals surface area contributed by atoms with E-state index in [0.717, 1.165) is 64.3 Å². The summed E-state index contributed by atoms with van der Waals surface area (Å²) in [4.78, 5) is 31.8. The molecule has 0 saturated carbocycles. The second-order valence-electron chi connectivity index (χ2n) is 7.18. The van der Waals surface area contributed by atoms with Crippen molar-refractivity contribution in [1.82, 2.24) is 25.1 Å². The molecule has 8 heteroatoms. The van der Waals surface area contributed by atoms with Gasteiger partial charge in [0.25, 0.3) is 11.8 Å². The van der Waals surface area contributed by atoms with Gasteiger partial charge in [-0.1, -0.05) is 0 Å². The molecule has 2 aliphatic heterocycles. The van der Waals surface area contributed by atoms with Crippen LogP contribution < -0.4 is 10.6 Å². The highest BCUT2D eigenvalue weighted by atomic mass is 16.5. The molecule has 0 bridgehead atoms. The average Bonchev–Trinajstić information content (AvgIpc) is 3.02. The summed E-state index contributed by atoms with van der Waals surface area (Å²) in [5, 5.41) is 5.84. The summed E-state index contributed by atoms with van der Waals surface area (Å²) in [6, 6.07) is 0.0323. The molecular weight excluding hydrogens is 334 g/mol. The first-order valence-electron chi connectivity index (χ1n) is 9.55. The number of hydrogen-bond donors (Lipinski definition) is 2. The van der Waals surface area contributed by atoms with Gasteiger partial charge in [0.15, 0.2) is 5.82 Å². The number of aromatic nitrogens is 2. The van der Waals surface area contributed by atoms with E-state index < -0.39 is 0 Å². The van der Waals surface area contributed by atoms with Crippen molar-refractivity contribution in [2.45, 2.75) is 45.7 Å².